The van der Waals surface area contributed by atoms with Crippen molar-refractivity contribution in [3.05, 3.63) is 38.2 Å². The van der Waals surface area contributed by atoms with Crippen LogP contribution in [-0.2, 0) is 11.0 Å². The molecular weight excluding hydrogens is 525 g/mol. The Kier molecular flexibility index (Phi) is 7.96. The average molecular weight is 557 g/mol. The molecule has 1 aliphatic carbocycles. The highest BCUT2D eigenvalue weighted by Crippen LogP contribution is 2.38. The second kappa shape index (κ2) is 10.7. The van der Waals surface area contributed by atoms with E-state index in [1.165, 1.54) is 0 Å². The maximum absolute atomic E-state index is 13.2. The molecule has 2 heterocycles. The first kappa shape index (κ1) is 28.2. The number of fused-ring (bicyclic) bond motifs is 1. The number of halogens is 3. The zero-order valence-corrected chi connectivity index (χ0v) is 22.6. The number of benzene rings is 1. The first-order valence-electron chi connectivity index (χ1n) is 12.4. The fraction of sp³-hybridized carbons (Fsp3) is 0.625. The molecule has 1 saturated heterocycles. The fourth-order valence-electron chi connectivity index (χ4n) is 4.61. The highest BCUT2D eigenvalue weighted by atomic mass is 32.1. The van der Waals surface area contributed by atoms with E-state index < -0.39 is 33.3 Å². The Morgan fingerprint density at radius 2 is 1.79 bits per heavy atom. The van der Waals surface area contributed by atoms with Gasteiger partial charge in [-0.15, -0.1) is 0 Å². The Hall–Kier alpha value is -2.84. The second-order valence-electron chi connectivity index (χ2n) is 10.5. The standard InChI is InChI=1S/C24H31F3N6O4S/c1-23(2,3)37-29-16-5-7-17(8-6-16)30(4)32-11-9-31(10-12-32)22-28-21(34)18-13-15(24(25,26)27)14-19(33(35)36)20(18)38-22/h13-14,17H,5-12H2,1-4H3. The Bertz CT molecular complexity index is 1270. The van der Waals surface area contributed by atoms with Gasteiger partial charge in [-0.3, -0.25) is 14.9 Å². The molecule has 10 nitrogen and oxygen atoms in total. The van der Waals surface area contributed by atoms with Gasteiger partial charge in [0.15, 0.2) is 5.13 Å². The number of aromatic nitrogens is 1. The maximum atomic E-state index is 13.2. The molecule has 0 radical (unpaired) electrons. The van der Waals surface area contributed by atoms with E-state index in [9.17, 15) is 28.1 Å². The molecule has 1 saturated carbocycles. The van der Waals surface area contributed by atoms with Crippen molar-refractivity contribution >= 4 is 38.0 Å². The molecule has 0 bridgehead atoms. The summed E-state index contributed by atoms with van der Waals surface area (Å²) in [4.78, 5) is 34.7. The average Bonchev–Trinajstić information content (AvgIpc) is 2.85. The lowest BCUT2D eigenvalue weighted by Gasteiger charge is -2.44. The summed E-state index contributed by atoms with van der Waals surface area (Å²) >= 11 is 0.875. The highest BCUT2D eigenvalue weighted by molar-refractivity contribution is 7.22. The van der Waals surface area contributed by atoms with Gasteiger partial charge in [-0.1, -0.05) is 16.5 Å². The molecule has 208 valence electrons. The van der Waals surface area contributed by atoms with E-state index in [4.69, 9.17) is 4.84 Å². The smallest absolute Gasteiger partial charge is 0.390 e. The van der Waals surface area contributed by atoms with E-state index in [1.807, 2.05) is 25.7 Å². The van der Waals surface area contributed by atoms with E-state index >= 15 is 0 Å². The Morgan fingerprint density at radius 3 is 2.34 bits per heavy atom. The molecular formula is C24H31F3N6O4S. The van der Waals surface area contributed by atoms with Crippen LogP contribution in [0.15, 0.2) is 22.1 Å². The lowest BCUT2D eigenvalue weighted by Crippen LogP contribution is -2.56. The summed E-state index contributed by atoms with van der Waals surface area (Å²) in [5, 5.41) is 20.2. The molecule has 0 atom stereocenters. The normalized spacial score (nSPS) is 19.7. The van der Waals surface area contributed by atoms with Gasteiger partial charge in [0, 0.05) is 45.3 Å². The van der Waals surface area contributed by atoms with Gasteiger partial charge in [-0.2, -0.15) is 18.2 Å². The predicted octanol–water partition coefficient (Wildman–Crippen LogP) is 4.67. The summed E-state index contributed by atoms with van der Waals surface area (Å²) in [7, 11) is 2.06. The summed E-state index contributed by atoms with van der Waals surface area (Å²) in [5.41, 5.74) is -2.13. The molecule has 0 amide bonds. The zero-order chi connectivity index (χ0) is 27.8. The second-order valence-corrected chi connectivity index (χ2v) is 11.5. The van der Waals surface area contributed by atoms with Crippen LogP contribution in [0.5, 0.6) is 0 Å². The van der Waals surface area contributed by atoms with E-state index in [-0.39, 0.29) is 15.4 Å². The van der Waals surface area contributed by atoms with Crippen molar-refractivity contribution in [3.63, 3.8) is 0 Å². The maximum Gasteiger partial charge on any atom is 0.416 e. The van der Waals surface area contributed by atoms with Crippen LogP contribution in [-0.4, -0.2) is 70.5 Å². The van der Waals surface area contributed by atoms with Crippen molar-refractivity contribution in [3.8, 4) is 0 Å². The van der Waals surface area contributed by atoms with Crippen LogP contribution in [0.4, 0.5) is 24.0 Å². The third-order valence-electron chi connectivity index (χ3n) is 6.70. The Labute approximate surface area is 221 Å². The number of oxime groups is 1. The third kappa shape index (κ3) is 6.41. The van der Waals surface area contributed by atoms with Gasteiger partial charge in [0.1, 0.15) is 10.3 Å². The Morgan fingerprint density at radius 1 is 1.16 bits per heavy atom. The van der Waals surface area contributed by atoms with Crippen molar-refractivity contribution in [1.82, 2.24) is 15.0 Å². The van der Waals surface area contributed by atoms with Crippen molar-refractivity contribution in [2.24, 2.45) is 5.16 Å². The molecule has 0 unspecified atom stereocenters. The minimum Gasteiger partial charge on any atom is -0.390 e. The minimum atomic E-state index is -4.82. The predicted molar refractivity (Wildman–Crippen MR) is 140 cm³/mol. The van der Waals surface area contributed by atoms with Gasteiger partial charge in [0.2, 0.25) is 0 Å². The monoisotopic (exact) mass is 556 g/mol. The number of nitro benzene ring substituents is 1. The van der Waals surface area contributed by atoms with Gasteiger partial charge in [0.25, 0.3) is 11.2 Å². The van der Waals surface area contributed by atoms with Crippen LogP contribution in [0.3, 0.4) is 0 Å². The number of piperazine rings is 1. The molecule has 2 aromatic rings. The SMILES string of the molecule is CN(C1CCC(=NOC(C)(C)C)CC1)N1CCN(c2nc(=O)c3cc(C(F)(F)F)cc([N+](=O)[O-])c3s2)CC1. The van der Waals surface area contributed by atoms with Gasteiger partial charge >= 0.3 is 6.18 Å². The number of non-ortho nitro benzene ring substituents is 1. The molecule has 1 aliphatic heterocycles. The van der Waals surface area contributed by atoms with Crippen LogP contribution in [0.1, 0.15) is 52.0 Å². The molecule has 0 N–H and O–H groups in total. The van der Waals surface area contributed by atoms with Crippen LogP contribution in [0.2, 0.25) is 0 Å². The van der Waals surface area contributed by atoms with E-state index in [0.717, 1.165) is 42.7 Å². The number of nitro groups is 1. The third-order valence-corrected chi connectivity index (χ3v) is 7.86. The summed E-state index contributed by atoms with van der Waals surface area (Å²) in [6, 6.07) is 1.47. The first-order valence-corrected chi connectivity index (χ1v) is 13.2. The quantitative estimate of drug-likeness (QED) is 0.387. The highest BCUT2D eigenvalue weighted by Gasteiger charge is 2.35. The summed E-state index contributed by atoms with van der Waals surface area (Å²) in [6.45, 7) is 8.24. The molecule has 2 fully saturated rings. The minimum absolute atomic E-state index is 0.104. The van der Waals surface area contributed by atoms with E-state index in [1.54, 1.807) is 0 Å². The van der Waals surface area contributed by atoms with E-state index in [2.05, 4.69) is 27.2 Å². The van der Waals surface area contributed by atoms with Crippen LogP contribution in [0.25, 0.3) is 10.1 Å². The molecule has 4 rings (SSSR count). The van der Waals surface area contributed by atoms with E-state index in [0.29, 0.717) is 44.4 Å². The summed E-state index contributed by atoms with van der Waals surface area (Å²) < 4.78 is 39.6. The zero-order valence-electron chi connectivity index (χ0n) is 21.7. The van der Waals surface area contributed by atoms with Crippen LogP contribution >= 0.6 is 11.3 Å². The summed E-state index contributed by atoms with van der Waals surface area (Å²) in [5.74, 6) is 0. The molecule has 38 heavy (non-hydrogen) atoms. The van der Waals surface area contributed by atoms with Crippen LogP contribution in [0, 0.1) is 10.1 Å². The van der Waals surface area contributed by atoms with Crippen molar-refractivity contribution < 1.29 is 22.9 Å². The van der Waals surface area contributed by atoms with Crippen LogP contribution < -0.4 is 10.5 Å². The number of alkyl halides is 3. The number of hydrogen-bond acceptors (Lipinski definition) is 10. The Balaban J connectivity index is 1.44. The van der Waals surface area contributed by atoms with Crippen molar-refractivity contribution in [2.45, 2.75) is 64.3 Å². The number of anilines is 1. The van der Waals surface area contributed by atoms with Gasteiger partial charge < -0.3 is 9.74 Å². The van der Waals surface area contributed by atoms with Crippen molar-refractivity contribution in [2.75, 3.05) is 38.1 Å². The number of nitrogens with zero attached hydrogens (tertiary/aromatic N) is 6. The van der Waals surface area contributed by atoms with Gasteiger partial charge in [-0.05, 0) is 52.5 Å². The molecule has 1 aromatic heterocycles. The topological polar surface area (TPSA) is 104 Å². The fourth-order valence-corrected chi connectivity index (χ4v) is 5.73. The van der Waals surface area contributed by atoms with Crippen molar-refractivity contribution in [1.29, 1.82) is 0 Å². The largest absolute Gasteiger partial charge is 0.416 e. The van der Waals surface area contributed by atoms with Gasteiger partial charge in [-0.25, -0.2) is 10.0 Å². The lowest BCUT2D eigenvalue weighted by molar-refractivity contribution is -0.383. The number of hydrogen-bond donors (Lipinski definition) is 0. The first-order chi connectivity index (χ1) is 17.7. The lowest BCUT2D eigenvalue weighted by atomic mass is 9.93. The molecule has 0 spiro atoms. The van der Waals surface area contributed by atoms with Gasteiger partial charge in [0.05, 0.1) is 21.6 Å². The number of rotatable bonds is 5. The molecule has 1 aromatic carbocycles. The molecule has 2 aliphatic rings. The summed E-state index contributed by atoms with van der Waals surface area (Å²) in [6.07, 6.45) is -1.16. The molecule has 14 heteroatoms. The number of hydrazine groups is 1.